The summed E-state index contributed by atoms with van der Waals surface area (Å²) < 4.78 is 1.44. The molecule has 3 rings (SSSR count). The van der Waals surface area contributed by atoms with Crippen LogP contribution in [0.3, 0.4) is 0 Å². The summed E-state index contributed by atoms with van der Waals surface area (Å²) in [5, 5.41) is 7.45. The van der Waals surface area contributed by atoms with Gasteiger partial charge in [-0.3, -0.25) is 0 Å². The summed E-state index contributed by atoms with van der Waals surface area (Å²) in [5.41, 5.74) is 1.57. The van der Waals surface area contributed by atoms with Gasteiger partial charge in [0.15, 0.2) is 0 Å². The first kappa shape index (κ1) is 15.1. The third kappa shape index (κ3) is 3.32. The molecule has 0 spiro atoms. The van der Waals surface area contributed by atoms with Crippen molar-refractivity contribution in [2.45, 2.75) is 51.5 Å². The fraction of sp³-hybridized carbons (Fsp3) is 0.579. The highest BCUT2D eigenvalue weighted by Gasteiger charge is 2.29. The van der Waals surface area contributed by atoms with Crippen molar-refractivity contribution in [3.05, 3.63) is 35.2 Å². The van der Waals surface area contributed by atoms with Gasteiger partial charge in [0.05, 0.1) is 0 Å². The zero-order valence-electron chi connectivity index (χ0n) is 13.3. The number of thiophene rings is 1. The molecule has 1 heterocycles. The number of fused-ring (bicyclic) bond motifs is 1. The topological polar surface area (TPSA) is 12.0 Å². The van der Waals surface area contributed by atoms with E-state index in [9.17, 15) is 0 Å². The van der Waals surface area contributed by atoms with E-state index in [1.807, 2.05) is 11.3 Å². The minimum Gasteiger partial charge on any atom is -0.317 e. The molecule has 21 heavy (non-hydrogen) atoms. The molecule has 1 aliphatic rings. The maximum atomic E-state index is 3.58. The van der Waals surface area contributed by atoms with E-state index in [1.165, 1.54) is 48.6 Å². The first-order chi connectivity index (χ1) is 10.3. The molecule has 3 atom stereocenters. The van der Waals surface area contributed by atoms with Crippen LogP contribution in [0.15, 0.2) is 29.6 Å². The fourth-order valence-electron chi connectivity index (χ4n) is 4.11. The minimum absolute atomic E-state index is 0.705. The van der Waals surface area contributed by atoms with Crippen LogP contribution in [0.1, 0.15) is 44.6 Å². The van der Waals surface area contributed by atoms with Crippen LogP contribution in [0.2, 0.25) is 0 Å². The molecular weight excluding hydrogens is 274 g/mol. The molecule has 0 amide bonds. The summed E-state index contributed by atoms with van der Waals surface area (Å²) in [5.74, 6) is 1.76. The Morgan fingerprint density at radius 2 is 2.10 bits per heavy atom. The van der Waals surface area contributed by atoms with Crippen LogP contribution in [0.4, 0.5) is 0 Å². The van der Waals surface area contributed by atoms with Gasteiger partial charge in [-0.15, -0.1) is 11.3 Å². The number of hydrogen-bond acceptors (Lipinski definition) is 2. The molecule has 114 valence electrons. The number of rotatable bonds is 5. The molecule has 1 N–H and O–H groups in total. The molecule has 1 aliphatic carbocycles. The second kappa shape index (κ2) is 6.93. The first-order valence-electron chi connectivity index (χ1n) is 8.44. The zero-order chi connectivity index (χ0) is 14.7. The average molecular weight is 301 g/mol. The largest absolute Gasteiger partial charge is 0.317 e. The van der Waals surface area contributed by atoms with E-state index in [0.29, 0.717) is 6.04 Å². The van der Waals surface area contributed by atoms with Crippen molar-refractivity contribution >= 4 is 21.4 Å². The average Bonchev–Trinajstić information content (AvgIpc) is 2.91. The van der Waals surface area contributed by atoms with E-state index in [0.717, 1.165) is 11.8 Å². The molecule has 2 heteroatoms. The van der Waals surface area contributed by atoms with Gasteiger partial charge < -0.3 is 5.32 Å². The lowest BCUT2D eigenvalue weighted by Gasteiger charge is -2.36. The number of benzene rings is 1. The summed E-state index contributed by atoms with van der Waals surface area (Å²) in [4.78, 5) is 0. The van der Waals surface area contributed by atoms with Gasteiger partial charge in [0.2, 0.25) is 0 Å². The SMILES string of the molecule is CCCC1CCC(NC)C(Cc2csc3ccccc23)C1. The lowest BCUT2D eigenvalue weighted by atomic mass is 9.74. The third-order valence-electron chi connectivity index (χ3n) is 5.20. The molecule has 1 aromatic heterocycles. The Labute approximate surface area is 132 Å². The Hall–Kier alpha value is -0.860. The van der Waals surface area contributed by atoms with Crippen LogP contribution in [0.25, 0.3) is 10.1 Å². The van der Waals surface area contributed by atoms with Gasteiger partial charge in [-0.1, -0.05) is 38.0 Å². The summed E-state index contributed by atoms with van der Waals surface area (Å²) in [7, 11) is 2.14. The molecule has 0 bridgehead atoms. The molecule has 0 saturated heterocycles. The first-order valence-corrected chi connectivity index (χ1v) is 9.32. The van der Waals surface area contributed by atoms with Crippen LogP contribution in [-0.2, 0) is 6.42 Å². The monoisotopic (exact) mass is 301 g/mol. The predicted molar refractivity (Wildman–Crippen MR) is 94.1 cm³/mol. The van der Waals surface area contributed by atoms with Gasteiger partial charge in [0.1, 0.15) is 0 Å². The second-order valence-corrected chi connectivity index (χ2v) is 7.50. The van der Waals surface area contributed by atoms with Crippen molar-refractivity contribution in [1.29, 1.82) is 0 Å². The molecule has 0 radical (unpaired) electrons. The number of nitrogens with one attached hydrogen (secondary N) is 1. The van der Waals surface area contributed by atoms with Crippen LogP contribution >= 0.6 is 11.3 Å². The predicted octanol–water partition coefficient (Wildman–Crippen LogP) is 5.25. The maximum absolute atomic E-state index is 3.58. The summed E-state index contributed by atoms with van der Waals surface area (Å²) in [6, 6.07) is 9.57. The molecule has 2 aromatic rings. The molecular formula is C19H27NS. The second-order valence-electron chi connectivity index (χ2n) is 6.58. The van der Waals surface area contributed by atoms with Gasteiger partial charge in [-0.05, 0) is 67.0 Å². The molecule has 1 aromatic carbocycles. The lowest BCUT2D eigenvalue weighted by molar-refractivity contribution is 0.201. The highest BCUT2D eigenvalue weighted by molar-refractivity contribution is 7.17. The van der Waals surface area contributed by atoms with Gasteiger partial charge in [-0.2, -0.15) is 0 Å². The van der Waals surface area contributed by atoms with Crippen molar-refractivity contribution in [1.82, 2.24) is 5.32 Å². The Kier molecular flexibility index (Phi) is 4.97. The molecule has 1 saturated carbocycles. The smallest absolute Gasteiger partial charge is 0.0345 e. The van der Waals surface area contributed by atoms with Gasteiger partial charge in [0, 0.05) is 10.7 Å². The van der Waals surface area contributed by atoms with E-state index in [4.69, 9.17) is 0 Å². The third-order valence-corrected chi connectivity index (χ3v) is 6.21. The summed E-state index contributed by atoms with van der Waals surface area (Å²) >= 11 is 1.90. The van der Waals surface area contributed by atoms with Gasteiger partial charge in [0.25, 0.3) is 0 Å². The van der Waals surface area contributed by atoms with E-state index in [-0.39, 0.29) is 0 Å². The normalized spacial score (nSPS) is 26.3. The van der Waals surface area contributed by atoms with Crippen LogP contribution in [0, 0.1) is 11.8 Å². The van der Waals surface area contributed by atoms with Crippen molar-refractivity contribution in [3.63, 3.8) is 0 Å². The Bertz CT molecular complexity index is 574. The number of hydrogen-bond donors (Lipinski definition) is 1. The van der Waals surface area contributed by atoms with Crippen LogP contribution in [-0.4, -0.2) is 13.1 Å². The van der Waals surface area contributed by atoms with Crippen molar-refractivity contribution in [3.8, 4) is 0 Å². The zero-order valence-corrected chi connectivity index (χ0v) is 14.1. The van der Waals surface area contributed by atoms with Gasteiger partial charge in [-0.25, -0.2) is 0 Å². The fourth-order valence-corrected chi connectivity index (χ4v) is 5.09. The van der Waals surface area contributed by atoms with E-state index < -0.39 is 0 Å². The Balaban J connectivity index is 1.77. The van der Waals surface area contributed by atoms with Crippen molar-refractivity contribution in [2.75, 3.05) is 7.05 Å². The Morgan fingerprint density at radius 1 is 1.24 bits per heavy atom. The highest BCUT2D eigenvalue weighted by atomic mass is 32.1. The summed E-state index contributed by atoms with van der Waals surface area (Å²) in [6.07, 6.45) is 8.17. The van der Waals surface area contributed by atoms with Crippen molar-refractivity contribution < 1.29 is 0 Å². The summed E-state index contributed by atoms with van der Waals surface area (Å²) in [6.45, 7) is 2.32. The van der Waals surface area contributed by atoms with Crippen LogP contribution < -0.4 is 5.32 Å². The lowest BCUT2D eigenvalue weighted by Crippen LogP contribution is -2.39. The standard InChI is InChI=1S/C19H27NS/c1-3-6-14-9-10-18(20-2)15(11-14)12-16-13-21-19-8-5-4-7-17(16)19/h4-5,7-8,13-15,18,20H,3,6,9-12H2,1-2H3. The molecule has 1 nitrogen and oxygen atoms in total. The Morgan fingerprint density at radius 3 is 2.90 bits per heavy atom. The van der Waals surface area contributed by atoms with E-state index in [1.54, 1.807) is 5.56 Å². The van der Waals surface area contributed by atoms with Crippen molar-refractivity contribution in [2.24, 2.45) is 11.8 Å². The van der Waals surface area contributed by atoms with E-state index >= 15 is 0 Å². The minimum atomic E-state index is 0.705. The van der Waals surface area contributed by atoms with Crippen LogP contribution in [0.5, 0.6) is 0 Å². The van der Waals surface area contributed by atoms with Gasteiger partial charge >= 0.3 is 0 Å². The molecule has 0 aliphatic heterocycles. The quantitative estimate of drug-likeness (QED) is 0.795. The van der Waals surface area contributed by atoms with E-state index in [2.05, 4.69) is 48.9 Å². The highest BCUT2D eigenvalue weighted by Crippen LogP contribution is 2.36. The molecule has 3 unspecified atom stereocenters. The maximum Gasteiger partial charge on any atom is 0.0345 e. The molecule has 1 fully saturated rings.